The number of allylic oxidation sites excluding steroid dienone is 1. The highest BCUT2D eigenvalue weighted by atomic mass is 35.5. The maximum atomic E-state index is 13.0. The average molecular weight is 268 g/mol. The molecule has 1 unspecified atom stereocenters. The second kappa shape index (κ2) is 6.35. The third kappa shape index (κ3) is 3.33. The summed E-state index contributed by atoms with van der Waals surface area (Å²) in [5, 5.41) is 0.422. The summed E-state index contributed by atoms with van der Waals surface area (Å²) in [7, 11) is 0. The monoisotopic (exact) mass is 267 g/mol. The van der Waals surface area contributed by atoms with E-state index in [-0.39, 0.29) is 11.9 Å². The van der Waals surface area contributed by atoms with Crippen LogP contribution in [0.1, 0.15) is 50.1 Å². The van der Waals surface area contributed by atoms with E-state index in [0.717, 1.165) is 18.4 Å². The Kier molecular flexibility index (Phi) is 4.79. The topological polar surface area (TPSA) is 26.0 Å². The third-order valence-corrected chi connectivity index (χ3v) is 3.85. The maximum absolute atomic E-state index is 13.0. The summed E-state index contributed by atoms with van der Waals surface area (Å²) >= 11 is 6.07. The predicted octanol–water partition coefficient (Wildman–Crippen LogP) is 4.76. The van der Waals surface area contributed by atoms with Crippen LogP contribution in [0.2, 0.25) is 5.02 Å². The third-order valence-electron chi connectivity index (χ3n) is 3.52. The molecule has 3 heteroatoms. The van der Waals surface area contributed by atoms with Crippen LogP contribution in [-0.4, -0.2) is 0 Å². The van der Waals surface area contributed by atoms with Gasteiger partial charge in [-0.1, -0.05) is 42.2 Å². The standard InChI is InChI=1S/C15H19ClFN/c16-14-10-12(17)8-9-13(14)15(18)11-6-4-2-1-3-5-7-11/h6,8-10,15H,1-5,7,18H2/b11-6+. The van der Waals surface area contributed by atoms with E-state index in [0.29, 0.717) is 5.02 Å². The van der Waals surface area contributed by atoms with Crippen molar-refractivity contribution in [3.8, 4) is 0 Å². The lowest BCUT2D eigenvalue weighted by Crippen LogP contribution is -2.14. The molecule has 98 valence electrons. The van der Waals surface area contributed by atoms with Crippen LogP contribution in [0.5, 0.6) is 0 Å². The van der Waals surface area contributed by atoms with Crippen LogP contribution in [0.3, 0.4) is 0 Å². The number of hydrogen-bond acceptors (Lipinski definition) is 1. The van der Waals surface area contributed by atoms with E-state index in [2.05, 4.69) is 6.08 Å². The summed E-state index contributed by atoms with van der Waals surface area (Å²) in [6.07, 6.45) is 9.32. The zero-order valence-corrected chi connectivity index (χ0v) is 11.2. The zero-order chi connectivity index (χ0) is 13.0. The molecule has 1 aliphatic rings. The molecule has 0 fully saturated rings. The van der Waals surface area contributed by atoms with Gasteiger partial charge < -0.3 is 5.73 Å². The van der Waals surface area contributed by atoms with Crippen molar-refractivity contribution >= 4 is 11.6 Å². The van der Waals surface area contributed by atoms with Crippen molar-refractivity contribution in [2.75, 3.05) is 0 Å². The van der Waals surface area contributed by atoms with Gasteiger partial charge in [-0.15, -0.1) is 0 Å². The van der Waals surface area contributed by atoms with E-state index in [1.54, 1.807) is 6.07 Å². The number of benzene rings is 1. The molecule has 0 aromatic heterocycles. The van der Waals surface area contributed by atoms with Crippen LogP contribution in [0.25, 0.3) is 0 Å². The lowest BCUT2D eigenvalue weighted by Gasteiger charge is -2.19. The van der Waals surface area contributed by atoms with Crippen LogP contribution in [-0.2, 0) is 0 Å². The van der Waals surface area contributed by atoms with Gasteiger partial charge in [0.15, 0.2) is 0 Å². The Balaban J connectivity index is 2.20. The predicted molar refractivity (Wildman–Crippen MR) is 74.1 cm³/mol. The number of halogens is 2. The molecule has 0 amide bonds. The van der Waals surface area contributed by atoms with Crippen molar-refractivity contribution < 1.29 is 4.39 Å². The Morgan fingerprint density at radius 2 is 1.94 bits per heavy atom. The molecule has 1 atom stereocenters. The van der Waals surface area contributed by atoms with E-state index in [1.165, 1.54) is 43.4 Å². The molecule has 0 aliphatic heterocycles. The highest BCUT2D eigenvalue weighted by molar-refractivity contribution is 6.31. The molecule has 18 heavy (non-hydrogen) atoms. The molecule has 0 bridgehead atoms. The Morgan fingerprint density at radius 1 is 1.17 bits per heavy atom. The SMILES string of the molecule is NC(/C1=C/CCCCCC1)c1ccc(F)cc1Cl. The average Bonchev–Trinajstić information content (AvgIpc) is 2.27. The van der Waals surface area contributed by atoms with Crippen molar-refractivity contribution in [1.29, 1.82) is 0 Å². The fourth-order valence-electron chi connectivity index (χ4n) is 2.45. The van der Waals surface area contributed by atoms with Crippen LogP contribution in [0.15, 0.2) is 29.8 Å². The summed E-state index contributed by atoms with van der Waals surface area (Å²) in [6.45, 7) is 0. The first-order valence-electron chi connectivity index (χ1n) is 6.58. The van der Waals surface area contributed by atoms with Gasteiger partial charge in [-0.05, 0) is 43.4 Å². The molecule has 0 radical (unpaired) electrons. The molecule has 0 saturated carbocycles. The molecule has 1 nitrogen and oxygen atoms in total. The zero-order valence-electron chi connectivity index (χ0n) is 10.5. The lowest BCUT2D eigenvalue weighted by atomic mass is 9.91. The second-order valence-electron chi connectivity index (χ2n) is 4.88. The fourth-order valence-corrected chi connectivity index (χ4v) is 2.74. The molecule has 1 aromatic carbocycles. The molecular formula is C15H19ClFN. The van der Waals surface area contributed by atoms with E-state index >= 15 is 0 Å². The van der Waals surface area contributed by atoms with Crippen molar-refractivity contribution in [2.24, 2.45) is 5.73 Å². The van der Waals surface area contributed by atoms with Crippen molar-refractivity contribution in [3.63, 3.8) is 0 Å². The van der Waals surface area contributed by atoms with Gasteiger partial charge >= 0.3 is 0 Å². The van der Waals surface area contributed by atoms with Crippen LogP contribution >= 0.6 is 11.6 Å². The van der Waals surface area contributed by atoms with Crippen LogP contribution < -0.4 is 5.73 Å². The summed E-state index contributed by atoms with van der Waals surface area (Å²) < 4.78 is 13.0. The van der Waals surface area contributed by atoms with E-state index < -0.39 is 0 Å². The Morgan fingerprint density at radius 3 is 2.72 bits per heavy atom. The van der Waals surface area contributed by atoms with Gasteiger partial charge in [-0.2, -0.15) is 0 Å². The van der Waals surface area contributed by atoms with Gasteiger partial charge in [0.1, 0.15) is 5.82 Å². The van der Waals surface area contributed by atoms with E-state index in [1.807, 2.05) is 0 Å². The number of hydrogen-bond donors (Lipinski definition) is 1. The van der Waals surface area contributed by atoms with Gasteiger partial charge in [0.2, 0.25) is 0 Å². The summed E-state index contributed by atoms with van der Waals surface area (Å²) in [5.41, 5.74) is 8.33. The first-order valence-corrected chi connectivity index (χ1v) is 6.96. The minimum Gasteiger partial charge on any atom is -0.321 e. The Hall–Kier alpha value is -0.860. The van der Waals surface area contributed by atoms with Crippen molar-refractivity contribution in [3.05, 3.63) is 46.3 Å². The number of nitrogens with two attached hydrogens (primary N) is 1. The number of rotatable bonds is 2. The molecule has 1 aromatic rings. The minimum absolute atomic E-state index is 0.198. The molecule has 0 spiro atoms. The molecule has 2 N–H and O–H groups in total. The van der Waals surface area contributed by atoms with Gasteiger partial charge in [0.05, 0.1) is 6.04 Å². The van der Waals surface area contributed by atoms with Crippen LogP contribution in [0, 0.1) is 5.82 Å². The first-order chi connectivity index (χ1) is 8.68. The quantitative estimate of drug-likeness (QED) is 0.768. The van der Waals surface area contributed by atoms with Crippen molar-refractivity contribution in [2.45, 2.75) is 44.6 Å². The lowest BCUT2D eigenvalue weighted by molar-refractivity contribution is 0.601. The van der Waals surface area contributed by atoms with Gasteiger partial charge in [-0.3, -0.25) is 0 Å². The first kappa shape index (κ1) is 13.6. The minimum atomic E-state index is -0.317. The van der Waals surface area contributed by atoms with Gasteiger partial charge in [0, 0.05) is 5.02 Å². The molecule has 2 rings (SSSR count). The van der Waals surface area contributed by atoms with E-state index in [4.69, 9.17) is 17.3 Å². The molecular weight excluding hydrogens is 249 g/mol. The van der Waals surface area contributed by atoms with Gasteiger partial charge in [-0.25, -0.2) is 4.39 Å². The smallest absolute Gasteiger partial charge is 0.124 e. The molecule has 0 heterocycles. The molecule has 0 saturated heterocycles. The Bertz CT molecular complexity index is 442. The fraction of sp³-hybridized carbons (Fsp3) is 0.467. The van der Waals surface area contributed by atoms with Crippen LogP contribution in [0.4, 0.5) is 4.39 Å². The normalized spacial score (nSPS) is 21.6. The summed E-state index contributed by atoms with van der Waals surface area (Å²) in [4.78, 5) is 0. The Labute approximate surface area is 113 Å². The van der Waals surface area contributed by atoms with E-state index in [9.17, 15) is 4.39 Å². The summed E-state index contributed by atoms with van der Waals surface area (Å²) in [6, 6.07) is 4.25. The second-order valence-corrected chi connectivity index (χ2v) is 5.28. The maximum Gasteiger partial charge on any atom is 0.124 e. The highest BCUT2D eigenvalue weighted by Gasteiger charge is 2.16. The van der Waals surface area contributed by atoms with Crippen molar-refractivity contribution in [1.82, 2.24) is 0 Å². The molecule has 1 aliphatic carbocycles. The van der Waals surface area contributed by atoms with Gasteiger partial charge in [0.25, 0.3) is 0 Å². The largest absolute Gasteiger partial charge is 0.321 e. The highest BCUT2D eigenvalue weighted by Crippen LogP contribution is 2.31. The summed E-state index contributed by atoms with van der Waals surface area (Å²) in [5.74, 6) is -0.317.